The molecular formula is C18H29N7O. The van der Waals surface area contributed by atoms with Crippen LogP contribution in [-0.2, 0) is 11.3 Å². The number of aromatic nitrogens is 5. The van der Waals surface area contributed by atoms with E-state index in [4.69, 9.17) is 4.74 Å². The minimum atomic E-state index is 0.156. The molecule has 0 radical (unpaired) electrons. The topological polar surface area (TPSA) is 81.0 Å². The molecule has 1 atom stereocenters. The zero-order valence-corrected chi connectivity index (χ0v) is 16.1. The molecule has 142 valence electrons. The Morgan fingerprint density at radius 1 is 1.23 bits per heavy atom. The summed E-state index contributed by atoms with van der Waals surface area (Å²) in [7, 11) is 1.71. The van der Waals surface area contributed by atoms with Crippen molar-refractivity contribution in [2.75, 3.05) is 31.7 Å². The molecule has 2 aromatic heterocycles. The van der Waals surface area contributed by atoms with Crippen LogP contribution >= 0.6 is 0 Å². The number of rotatable bonds is 7. The number of anilines is 1. The Hall–Kier alpha value is -2.06. The van der Waals surface area contributed by atoms with E-state index in [0.29, 0.717) is 12.6 Å². The number of aryl methyl sites for hydroxylation is 2. The summed E-state index contributed by atoms with van der Waals surface area (Å²) >= 11 is 0. The normalized spacial score (nSPS) is 16.8. The molecule has 1 N–H and O–H groups in total. The van der Waals surface area contributed by atoms with Gasteiger partial charge in [0.15, 0.2) is 0 Å². The van der Waals surface area contributed by atoms with Gasteiger partial charge in [-0.1, -0.05) is 0 Å². The van der Waals surface area contributed by atoms with Gasteiger partial charge in [0.1, 0.15) is 12.2 Å². The minimum Gasteiger partial charge on any atom is -0.383 e. The maximum absolute atomic E-state index is 5.16. The lowest BCUT2D eigenvalue weighted by Gasteiger charge is -2.34. The maximum Gasteiger partial charge on any atom is 0.225 e. The third-order valence-electron chi connectivity index (χ3n) is 4.80. The first-order chi connectivity index (χ1) is 12.6. The van der Waals surface area contributed by atoms with Crippen molar-refractivity contribution in [2.24, 2.45) is 0 Å². The highest BCUT2D eigenvalue weighted by Crippen LogP contribution is 2.19. The summed E-state index contributed by atoms with van der Waals surface area (Å²) in [6, 6.07) is 2.63. The molecule has 1 aliphatic rings. The largest absolute Gasteiger partial charge is 0.383 e. The van der Waals surface area contributed by atoms with Crippen LogP contribution < -0.4 is 10.2 Å². The number of nitrogens with zero attached hydrogens (tertiary/aromatic N) is 6. The SMILES string of the molecule is COCCn1cnnc1[C@@H](C)NC1CCN(c2nc(C)cc(C)n2)CC1. The molecule has 8 heteroatoms. The quantitative estimate of drug-likeness (QED) is 0.805. The molecule has 1 aliphatic heterocycles. The summed E-state index contributed by atoms with van der Waals surface area (Å²) in [6.07, 6.45) is 3.90. The molecule has 3 rings (SSSR count). The number of piperidine rings is 1. The first-order valence-corrected chi connectivity index (χ1v) is 9.26. The van der Waals surface area contributed by atoms with E-state index in [0.717, 1.165) is 55.6 Å². The van der Waals surface area contributed by atoms with E-state index in [1.807, 2.05) is 19.9 Å². The monoisotopic (exact) mass is 359 g/mol. The van der Waals surface area contributed by atoms with Crippen LogP contribution in [0.2, 0.25) is 0 Å². The van der Waals surface area contributed by atoms with Crippen LogP contribution in [0, 0.1) is 13.8 Å². The van der Waals surface area contributed by atoms with Crippen molar-refractivity contribution in [1.29, 1.82) is 0 Å². The van der Waals surface area contributed by atoms with Gasteiger partial charge in [-0.25, -0.2) is 9.97 Å². The van der Waals surface area contributed by atoms with Gasteiger partial charge in [-0.2, -0.15) is 0 Å². The highest BCUT2D eigenvalue weighted by molar-refractivity contribution is 5.32. The van der Waals surface area contributed by atoms with Gasteiger partial charge in [0, 0.05) is 44.2 Å². The van der Waals surface area contributed by atoms with Crippen molar-refractivity contribution in [3.8, 4) is 0 Å². The highest BCUT2D eigenvalue weighted by atomic mass is 16.5. The van der Waals surface area contributed by atoms with Crippen molar-refractivity contribution in [3.63, 3.8) is 0 Å². The Balaban J connectivity index is 1.54. The number of ether oxygens (including phenoxy) is 1. The lowest BCUT2D eigenvalue weighted by molar-refractivity contribution is 0.185. The van der Waals surface area contributed by atoms with Crippen LogP contribution in [0.15, 0.2) is 12.4 Å². The molecule has 0 aliphatic carbocycles. The van der Waals surface area contributed by atoms with Gasteiger partial charge in [-0.05, 0) is 39.7 Å². The number of methoxy groups -OCH3 is 1. The Labute approximate surface area is 155 Å². The zero-order chi connectivity index (χ0) is 18.5. The first kappa shape index (κ1) is 18.7. The summed E-state index contributed by atoms with van der Waals surface area (Å²) in [5.41, 5.74) is 2.05. The molecule has 26 heavy (non-hydrogen) atoms. The van der Waals surface area contributed by atoms with Gasteiger partial charge >= 0.3 is 0 Å². The second kappa shape index (κ2) is 8.55. The number of hydrogen-bond acceptors (Lipinski definition) is 7. The van der Waals surface area contributed by atoms with E-state index in [1.54, 1.807) is 13.4 Å². The molecule has 2 aromatic rings. The van der Waals surface area contributed by atoms with Crippen LogP contribution in [0.4, 0.5) is 5.95 Å². The molecule has 0 saturated carbocycles. The van der Waals surface area contributed by atoms with Crippen molar-refractivity contribution >= 4 is 5.95 Å². The van der Waals surface area contributed by atoms with E-state index in [1.165, 1.54) is 0 Å². The molecule has 0 aromatic carbocycles. The van der Waals surface area contributed by atoms with Gasteiger partial charge in [-0.3, -0.25) is 0 Å². The van der Waals surface area contributed by atoms with E-state index in [2.05, 4.69) is 41.9 Å². The average Bonchev–Trinajstić information content (AvgIpc) is 3.08. The summed E-state index contributed by atoms with van der Waals surface area (Å²) in [5.74, 6) is 1.82. The fourth-order valence-corrected chi connectivity index (χ4v) is 3.48. The van der Waals surface area contributed by atoms with Crippen LogP contribution in [0.1, 0.15) is 43.0 Å². The summed E-state index contributed by atoms with van der Waals surface area (Å²) < 4.78 is 7.21. The predicted octanol–water partition coefficient (Wildman–Crippen LogP) is 1.65. The molecule has 3 heterocycles. The van der Waals surface area contributed by atoms with E-state index >= 15 is 0 Å². The standard InChI is InChI=1S/C18H29N7O/c1-13-11-14(2)21-18(20-13)24-7-5-16(6-8-24)22-15(3)17-23-19-12-25(17)9-10-26-4/h11-12,15-16,22H,5-10H2,1-4H3/t15-/m1/s1. The Morgan fingerprint density at radius 2 is 1.92 bits per heavy atom. The third kappa shape index (κ3) is 4.56. The highest BCUT2D eigenvalue weighted by Gasteiger charge is 2.24. The number of hydrogen-bond donors (Lipinski definition) is 1. The lowest BCUT2D eigenvalue weighted by atomic mass is 10.0. The zero-order valence-electron chi connectivity index (χ0n) is 16.1. The second-order valence-electron chi connectivity index (χ2n) is 6.98. The average molecular weight is 359 g/mol. The van der Waals surface area contributed by atoms with Gasteiger partial charge in [0.25, 0.3) is 0 Å². The van der Waals surface area contributed by atoms with Crippen LogP contribution in [-0.4, -0.2) is 57.6 Å². The molecule has 1 fully saturated rings. The smallest absolute Gasteiger partial charge is 0.225 e. The Morgan fingerprint density at radius 3 is 2.58 bits per heavy atom. The van der Waals surface area contributed by atoms with Gasteiger partial charge < -0.3 is 19.5 Å². The van der Waals surface area contributed by atoms with Crippen LogP contribution in [0.25, 0.3) is 0 Å². The van der Waals surface area contributed by atoms with Gasteiger partial charge in [0.05, 0.1) is 12.6 Å². The third-order valence-corrected chi connectivity index (χ3v) is 4.80. The molecule has 1 saturated heterocycles. The van der Waals surface area contributed by atoms with Gasteiger partial charge in [0.2, 0.25) is 5.95 Å². The molecule has 0 amide bonds. The minimum absolute atomic E-state index is 0.156. The first-order valence-electron chi connectivity index (χ1n) is 9.26. The fraction of sp³-hybridized carbons (Fsp3) is 0.667. The van der Waals surface area contributed by atoms with Crippen LogP contribution in [0.5, 0.6) is 0 Å². The second-order valence-corrected chi connectivity index (χ2v) is 6.98. The van der Waals surface area contributed by atoms with Crippen molar-refractivity contribution in [2.45, 2.75) is 52.2 Å². The molecule has 0 spiro atoms. The summed E-state index contributed by atoms with van der Waals surface area (Å²) in [5, 5.41) is 12.0. The fourth-order valence-electron chi connectivity index (χ4n) is 3.48. The van der Waals surface area contributed by atoms with Crippen molar-refractivity contribution in [1.82, 2.24) is 30.0 Å². The molecule has 0 bridgehead atoms. The van der Waals surface area contributed by atoms with E-state index < -0.39 is 0 Å². The lowest BCUT2D eigenvalue weighted by Crippen LogP contribution is -2.44. The maximum atomic E-state index is 5.16. The van der Waals surface area contributed by atoms with E-state index in [9.17, 15) is 0 Å². The molecule has 0 unspecified atom stereocenters. The van der Waals surface area contributed by atoms with Crippen LogP contribution in [0.3, 0.4) is 0 Å². The van der Waals surface area contributed by atoms with Gasteiger partial charge in [-0.15, -0.1) is 10.2 Å². The predicted molar refractivity (Wildman–Crippen MR) is 100 cm³/mol. The van der Waals surface area contributed by atoms with Crippen molar-refractivity contribution in [3.05, 3.63) is 29.6 Å². The van der Waals surface area contributed by atoms with E-state index in [-0.39, 0.29) is 6.04 Å². The number of nitrogens with one attached hydrogen (secondary N) is 1. The summed E-state index contributed by atoms with van der Waals surface area (Å²) in [6.45, 7) is 9.54. The molecular weight excluding hydrogens is 330 g/mol. The summed E-state index contributed by atoms with van der Waals surface area (Å²) in [4.78, 5) is 11.5. The Bertz CT molecular complexity index is 689. The molecule has 8 nitrogen and oxygen atoms in total. The Kier molecular flexibility index (Phi) is 6.16. The van der Waals surface area contributed by atoms with Crippen molar-refractivity contribution < 1.29 is 4.74 Å².